The van der Waals surface area contributed by atoms with Crippen LogP contribution in [0.25, 0.3) is 0 Å². The first-order valence-corrected chi connectivity index (χ1v) is 5.97. The van der Waals surface area contributed by atoms with Crippen LogP contribution in [0.15, 0.2) is 29.9 Å². The number of hydrogen-bond donors (Lipinski definition) is 1. The second kappa shape index (κ2) is 5.94. The molecule has 4 heteroatoms. The first-order chi connectivity index (χ1) is 7.89. The molecule has 0 saturated heterocycles. The molecule has 0 aliphatic heterocycles. The van der Waals surface area contributed by atoms with Gasteiger partial charge in [0.25, 0.3) is 0 Å². The van der Waals surface area contributed by atoms with Crippen LogP contribution >= 0.6 is 0 Å². The highest BCUT2D eigenvalue weighted by Crippen LogP contribution is 2.13. The zero-order valence-electron chi connectivity index (χ0n) is 12.7. The minimum absolute atomic E-state index is 0.288. The van der Waals surface area contributed by atoms with Crippen molar-refractivity contribution in [2.24, 2.45) is 4.99 Å². The highest BCUT2D eigenvalue weighted by Gasteiger charge is 2.14. The van der Waals surface area contributed by atoms with Crippen LogP contribution in [-0.4, -0.2) is 17.0 Å². The summed E-state index contributed by atoms with van der Waals surface area (Å²) < 4.78 is 11.0. The lowest BCUT2D eigenvalue weighted by Gasteiger charge is -2.23. The first-order valence-electron chi connectivity index (χ1n) is 5.97. The van der Waals surface area contributed by atoms with E-state index in [2.05, 4.69) is 23.5 Å². The molecule has 0 bridgehead atoms. The Hall–Kier alpha value is -1.45. The van der Waals surface area contributed by atoms with Gasteiger partial charge in [-0.05, 0) is 61.6 Å². The second-order valence-corrected chi connectivity index (χ2v) is 6.07. The van der Waals surface area contributed by atoms with E-state index in [1.54, 1.807) is 6.92 Å². The summed E-state index contributed by atoms with van der Waals surface area (Å²) in [5.74, 6) is 1.43. The molecule has 0 aliphatic rings. The second-order valence-electron chi connectivity index (χ2n) is 6.07. The Morgan fingerprint density at radius 3 is 1.78 bits per heavy atom. The lowest BCUT2D eigenvalue weighted by atomic mass is 10.2. The molecule has 0 rings (SSSR count). The summed E-state index contributed by atoms with van der Waals surface area (Å²) in [6, 6.07) is 0. The molecule has 104 valence electrons. The molecule has 0 fully saturated rings. The maximum Gasteiger partial charge on any atom is 0.207 e. The van der Waals surface area contributed by atoms with E-state index in [1.165, 1.54) is 0 Å². The molecular formula is C14H26N2O2. The van der Waals surface area contributed by atoms with E-state index in [1.807, 2.05) is 41.5 Å². The molecule has 0 atom stereocenters. The van der Waals surface area contributed by atoms with E-state index in [0.29, 0.717) is 17.6 Å². The fourth-order valence-electron chi connectivity index (χ4n) is 1.19. The predicted octanol–water partition coefficient (Wildman–Crippen LogP) is 3.57. The summed E-state index contributed by atoms with van der Waals surface area (Å²) >= 11 is 0. The molecule has 0 radical (unpaired) electrons. The summed E-state index contributed by atoms with van der Waals surface area (Å²) in [4.78, 5) is 4.18. The van der Waals surface area contributed by atoms with Gasteiger partial charge in [0.15, 0.2) is 5.88 Å². The normalized spacial score (nSPS) is 12.9. The minimum atomic E-state index is -0.306. The Bertz CT molecular complexity index is 344. The number of nitrogens with zero attached hydrogens (tertiary/aromatic N) is 1. The Kier molecular flexibility index (Phi) is 5.46. The van der Waals surface area contributed by atoms with Gasteiger partial charge in [-0.25, -0.2) is 4.99 Å². The van der Waals surface area contributed by atoms with Crippen LogP contribution in [-0.2, 0) is 9.47 Å². The number of ether oxygens (including phenoxy) is 2. The molecule has 0 unspecified atom stereocenters. The van der Waals surface area contributed by atoms with Gasteiger partial charge in [-0.2, -0.15) is 0 Å². The van der Waals surface area contributed by atoms with Gasteiger partial charge in [-0.15, -0.1) is 0 Å². The van der Waals surface area contributed by atoms with Gasteiger partial charge in [-0.1, -0.05) is 0 Å². The SMILES string of the molecule is C=C(/N=C(\C)NC(=C)OC(C)(C)C)OC(C)(C)C. The zero-order valence-corrected chi connectivity index (χ0v) is 12.7. The number of aliphatic imine (C=N–C) groups is 1. The number of hydrogen-bond acceptors (Lipinski definition) is 3. The predicted molar refractivity (Wildman–Crippen MR) is 76.2 cm³/mol. The van der Waals surface area contributed by atoms with Crippen molar-refractivity contribution < 1.29 is 9.47 Å². The Labute approximate surface area is 111 Å². The standard InChI is InChI=1S/C14H26N2O2/c1-10(15-11(2)17-13(4,5)6)16-12(3)18-14(7,8)9/h2-3H2,1,4-9H3,(H,15,16). The number of nitrogens with one attached hydrogen (secondary N) is 1. The van der Waals surface area contributed by atoms with Gasteiger partial charge in [0, 0.05) is 0 Å². The van der Waals surface area contributed by atoms with Gasteiger partial charge in [0.1, 0.15) is 17.0 Å². The van der Waals surface area contributed by atoms with E-state index >= 15 is 0 Å². The third-order valence-corrected chi connectivity index (χ3v) is 1.47. The fraction of sp³-hybridized carbons (Fsp3) is 0.643. The van der Waals surface area contributed by atoms with Gasteiger partial charge >= 0.3 is 0 Å². The summed E-state index contributed by atoms with van der Waals surface area (Å²) in [5, 5.41) is 2.95. The highest BCUT2D eigenvalue weighted by molar-refractivity contribution is 5.81. The summed E-state index contributed by atoms with van der Waals surface area (Å²) in [7, 11) is 0. The van der Waals surface area contributed by atoms with Crippen LogP contribution in [0.1, 0.15) is 48.5 Å². The number of rotatable bonds is 4. The third-order valence-electron chi connectivity index (χ3n) is 1.47. The van der Waals surface area contributed by atoms with E-state index in [9.17, 15) is 0 Å². The van der Waals surface area contributed by atoms with Crippen molar-refractivity contribution in [1.82, 2.24) is 5.32 Å². The maximum absolute atomic E-state index is 5.53. The van der Waals surface area contributed by atoms with Gasteiger partial charge in [0.2, 0.25) is 5.88 Å². The minimum Gasteiger partial charge on any atom is -0.474 e. The molecule has 1 N–H and O–H groups in total. The van der Waals surface area contributed by atoms with Crippen molar-refractivity contribution >= 4 is 5.84 Å². The van der Waals surface area contributed by atoms with Crippen molar-refractivity contribution in [3.05, 3.63) is 24.9 Å². The molecule has 4 nitrogen and oxygen atoms in total. The third kappa shape index (κ3) is 9.75. The Morgan fingerprint density at radius 1 is 0.944 bits per heavy atom. The lowest BCUT2D eigenvalue weighted by molar-refractivity contribution is 0.0459. The van der Waals surface area contributed by atoms with Crippen molar-refractivity contribution in [2.75, 3.05) is 0 Å². The van der Waals surface area contributed by atoms with E-state index < -0.39 is 0 Å². The smallest absolute Gasteiger partial charge is 0.207 e. The van der Waals surface area contributed by atoms with E-state index in [-0.39, 0.29) is 11.2 Å². The van der Waals surface area contributed by atoms with Crippen LogP contribution in [0.4, 0.5) is 0 Å². The fourth-order valence-corrected chi connectivity index (χ4v) is 1.19. The molecule has 0 aromatic heterocycles. The molecule has 0 saturated carbocycles. The van der Waals surface area contributed by atoms with Crippen LogP contribution < -0.4 is 5.32 Å². The van der Waals surface area contributed by atoms with Gasteiger partial charge in [-0.3, -0.25) is 0 Å². The Morgan fingerprint density at radius 2 is 1.39 bits per heavy atom. The number of amidine groups is 1. The summed E-state index contributed by atoms with van der Waals surface area (Å²) in [5.41, 5.74) is -0.594. The van der Waals surface area contributed by atoms with E-state index in [4.69, 9.17) is 9.47 Å². The molecule has 0 aliphatic carbocycles. The van der Waals surface area contributed by atoms with Crippen molar-refractivity contribution in [2.45, 2.75) is 59.7 Å². The molecule has 0 spiro atoms. The Balaban J connectivity index is 4.36. The van der Waals surface area contributed by atoms with Crippen LogP contribution in [0, 0.1) is 0 Å². The molecule has 0 heterocycles. The lowest BCUT2D eigenvalue weighted by Crippen LogP contribution is -2.28. The quantitative estimate of drug-likeness (QED) is 0.474. The first kappa shape index (κ1) is 16.6. The van der Waals surface area contributed by atoms with Crippen molar-refractivity contribution in [1.29, 1.82) is 0 Å². The van der Waals surface area contributed by atoms with Crippen LogP contribution in [0.2, 0.25) is 0 Å². The van der Waals surface area contributed by atoms with Crippen molar-refractivity contribution in [3.63, 3.8) is 0 Å². The molecule has 0 aromatic rings. The molecule has 18 heavy (non-hydrogen) atoms. The van der Waals surface area contributed by atoms with Crippen LogP contribution in [0.5, 0.6) is 0 Å². The van der Waals surface area contributed by atoms with E-state index in [0.717, 1.165) is 0 Å². The molecular weight excluding hydrogens is 228 g/mol. The molecule has 0 amide bonds. The monoisotopic (exact) mass is 254 g/mol. The van der Waals surface area contributed by atoms with Gasteiger partial charge in [0.05, 0.1) is 0 Å². The molecule has 0 aromatic carbocycles. The zero-order chi connectivity index (χ0) is 14.6. The van der Waals surface area contributed by atoms with Gasteiger partial charge < -0.3 is 14.8 Å². The average Bonchev–Trinajstić information content (AvgIpc) is 1.92. The maximum atomic E-state index is 5.53. The largest absolute Gasteiger partial charge is 0.474 e. The van der Waals surface area contributed by atoms with Crippen molar-refractivity contribution in [3.8, 4) is 0 Å². The average molecular weight is 254 g/mol. The topological polar surface area (TPSA) is 42.9 Å². The highest BCUT2D eigenvalue weighted by atomic mass is 16.5. The summed E-state index contributed by atoms with van der Waals surface area (Å²) in [6.45, 7) is 21.0. The summed E-state index contributed by atoms with van der Waals surface area (Å²) in [6.07, 6.45) is 0. The van der Waals surface area contributed by atoms with Crippen LogP contribution in [0.3, 0.4) is 0 Å².